The van der Waals surface area contributed by atoms with Gasteiger partial charge in [-0.1, -0.05) is 51.9 Å². The van der Waals surface area contributed by atoms with Crippen molar-refractivity contribution in [3.05, 3.63) is 5.21 Å². The number of hydrogen-bond donors (Lipinski definition) is 1. The molecular formula is C18H36N2O2. The van der Waals surface area contributed by atoms with Crippen LogP contribution in [0.1, 0.15) is 71.1 Å². The van der Waals surface area contributed by atoms with Crippen LogP contribution in [0.25, 0.3) is 0 Å². The number of rotatable bonds is 10. The van der Waals surface area contributed by atoms with Crippen molar-refractivity contribution in [2.24, 2.45) is 11.8 Å². The molecule has 1 aliphatic rings. The van der Waals surface area contributed by atoms with Crippen LogP contribution in [0.4, 0.5) is 0 Å². The third kappa shape index (κ3) is 8.74. The molecule has 0 heterocycles. The van der Waals surface area contributed by atoms with Crippen LogP contribution in [0, 0.1) is 17.0 Å². The van der Waals surface area contributed by atoms with Gasteiger partial charge in [-0.15, -0.1) is 0 Å². The number of hydrogen-bond acceptors (Lipinski definition) is 2. The van der Waals surface area contributed by atoms with Gasteiger partial charge in [-0.2, -0.15) is 0 Å². The Bertz CT molecular complexity index is 307. The Kier molecular flexibility index (Phi) is 9.03. The number of nitrogens with one attached hydrogen (secondary N) is 1. The first-order valence-electron chi connectivity index (χ1n) is 9.23. The summed E-state index contributed by atoms with van der Waals surface area (Å²) < 4.78 is -0.281. The smallest absolute Gasteiger partial charge is 0.220 e. The van der Waals surface area contributed by atoms with Crippen LogP contribution < -0.4 is 5.32 Å². The first-order valence-corrected chi connectivity index (χ1v) is 9.23. The van der Waals surface area contributed by atoms with Crippen LogP contribution in [-0.2, 0) is 4.79 Å². The largest absolute Gasteiger partial charge is 0.633 e. The molecule has 1 rings (SSSR count). The lowest BCUT2D eigenvalue weighted by atomic mass is 9.76. The maximum absolute atomic E-state index is 12.2. The molecule has 1 fully saturated rings. The zero-order chi connectivity index (χ0) is 16.4. The average molecular weight is 312 g/mol. The fraction of sp³-hybridized carbons (Fsp3) is 0.944. The molecule has 0 spiro atoms. The molecule has 0 radical (unpaired) electrons. The second-order valence-electron chi connectivity index (χ2n) is 7.51. The zero-order valence-corrected chi connectivity index (χ0v) is 14.9. The Morgan fingerprint density at radius 3 is 2.50 bits per heavy atom. The summed E-state index contributed by atoms with van der Waals surface area (Å²) in [5.41, 5.74) is 0. The van der Waals surface area contributed by atoms with Gasteiger partial charge >= 0.3 is 0 Å². The molecule has 0 saturated heterocycles. The highest BCUT2D eigenvalue weighted by Crippen LogP contribution is 2.34. The lowest BCUT2D eigenvalue weighted by molar-refractivity contribution is -0.840. The quantitative estimate of drug-likeness (QED) is 0.378. The van der Waals surface area contributed by atoms with Crippen LogP contribution in [0.3, 0.4) is 0 Å². The minimum absolute atomic E-state index is 0.183. The van der Waals surface area contributed by atoms with Crippen molar-refractivity contribution in [2.75, 3.05) is 27.2 Å². The molecule has 0 aromatic heterocycles. The van der Waals surface area contributed by atoms with E-state index in [0.717, 1.165) is 12.3 Å². The van der Waals surface area contributed by atoms with Gasteiger partial charge in [0.2, 0.25) is 5.91 Å². The molecular weight excluding hydrogens is 276 g/mol. The van der Waals surface area contributed by atoms with Crippen molar-refractivity contribution in [2.45, 2.75) is 71.1 Å². The van der Waals surface area contributed by atoms with Crippen LogP contribution in [-0.4, -0.2) is 37.7 Å². The predicted octanol–water partition coefficient (Wildman–Crippen LogP) is 3.84. The van der Waals surface area contributed by atoms with E-state index in [1.165, 1.54) is 51.4 Å². The summed E-state index contributed by atoms with van der Waals surface area (Å²) in [6.07, 6.45) is 11.7. The predicted molar refractivity (Wildman–Crippen MR) is 92.2 cm³/mol. The highest BCUT2D eigenvalue weighted by Gasteiger charge is 2.25. The van der Waals surface area contributed by atoms with Crippen molar-refractivity contribution < 1.29 is 9.44 Å². The van der Waals surface area contributed by atoms with Gasteiger partial charge in [-0.3, -0.25) is 4.79 Å². The van der Waals surface area contributed by atoms with Gasteiger partial charge in [-0.25, -0.2) is 0 Å². The van der Waals surface area contributed by atoms with Crippen molar-refractivity contribution >= 4 is 5.91 Å². The highest BCUT2D eigenvalue weighted by atomic mass is 16.5. The Morgan fingerprint density at radius 2 is 1.91 bits per heavy atom. The normalized spacial score (nSPS) is 18.2. The number of unbranched alkanes of at least 4 members (excludes halogenated alkanes) is 1. The molecule has 4 nitrogen and oxygen atoms in total. The van der Waals surface area contributed by atoms with Crippen molar-refractivity contribution in [3.8, 4) is 0 Å². The summed E-state index contributed by atoms with van der Waals surface area (Å²) in [6.45, 7) is 3.41. The molecule has 1 saturated carbocycles. The second-order valence-corrected chi connectivity index (χ2v) is 7.51. The molecule has 1 aliphatic carbocycles. The lowest BCUT2D eigenvalue weighted by Gasteiger charge is -2.33. The molecule has 1 N–H and O–H groups in total. The van der Waals surface area contributed by atoms with Crippen LogP contribution in [0.5, 0.6) is 0 Å². The fourth-order valence-electron chi connectivity index (χ4n) is 3.57. The van der Waals surface area contributed by atoms with Gasteiger partial charge in [0.25, 0.3) is 0 Å². The van der Waals surface area contributed by atoms with E-state index in [9.17, 15) is 10.0 Å². The minimum atomic E-state index is -0.281. The summed E-state index contributed by atoms with van der Waals surface area (Å²) in [6, 6.07) is 0. The Labute approximate surface area is 136 Å². The third-order valence-electron chi connectivity index (χ3n) is 4.89. The number of quaternary nitrogens is 1. The number of nitrogens with zero attached hydrogens (tertiary/aromatic N) is 1. The van der Waals surface area contributed by atoms with Gasteiger partial charge in [0, 0.05) is 19.4 Å². The summed E-state index contributed by atoms with van der Waals surface area (Å²) in [5, 5.41) is 14.5. The standard InChI is InChI=1S/C18H36N2O2/c1-4-5-10-17(16-11-7-6-8-12-16)15-18(21)19-13-9-14-20(2,3)22/h16-17H,4-15H2,1-3H3,(H,19,21). The molecule has 0 aromatic carbocycles. The van der Waals surface area contributed by atoms with Crippen molar-refractivity contribution in [3.63, 3.8) is 0 Å². The molecule has 0 aromatic rings. The van der Waals surface area contributed by atoms with Gasteiger partial charge in [0.05, 0.1) is 20.6 Å². The monoisotopic (exact) mass is 312 g/mol. The van der Waals surface area contributed by atoms with Gasteiger partial charge < -0.3 is 15.2 Å². The molecule has 1 unspecified atom stereocenters. The van der Waals surface area contributed by atoms with E-state index in [4.69, 9.17) is 0 Å². The molecule has 1 atom stereocenters. The van der Waals surface area contributed by atoms with E-state index in [1.807, 2.05) is 0 Å². The van der Waals surface area contributed by atoms with E-state index >= 15 is 0 Å². The lowest BCUT2D eigenvalue weighted by Crippen LogP contribution is -2.36. The Hall–Kier alpha value is -0.610. The van der Waals surface area contributed by atoms with Crippen LogP contribution in [0.2, 0.25) is 0 Å². The minimum Gasteiger partial charge on any atom is -0.633 e. The molecule has 4 heteroatoms. The molecule has 22 heavy (non-hydrogen) atoms. The average Bonchev–Trinajstić information content (AvgIpc) is 2.48. The number of amides is 1. The zero-order valence-electron chi connectivity index (χ0n) is 14.9. The first-order chi connectivity index (χ1) is 10.4. The summed E-state index contributed by atoms with van der Waals surface area (Å²) in [7, 11) is 3.29. The van der Waals surface area contributed by atoms with Crippen LogP contribution >= 0.6 is 0 Å². The van der Waals surface area contributed by atoms with E-state index in [0.29, 0.717) is 25.4 Å². The summed E-state index contributed by atoms with van der Waals surface area (Å²) in [5.74, 6) is 1.50. The molecule has 0 bridgehead atoms. The van der Waals surface area contributed by atoms with E-state index in [1.54, 1.807) is 14.1 Å². The van der Waals surface area contributed by atoms with Gasteiger partial charge in [0.15, 0.2) is 0 Å². The van der Waals surface area contributed by atoms with Crippen molar-refractivity contribution in [1.82, 2.24) is 5.32 Å². The number of hydroxylamine groups is 3. The summed E-state index contributed by atoms with van der Waals surface area (Å²) in [4.78, 5) is 12.2. The molecule has 0 aliphatic heterocycles. The highest BCUT2D eigenvalue weighted by molar-refractivity contribution is 5.76. The van der Waals surface area contributed by atoms with Crippen LogP contribution in [0.15, 0.2) is 0 Å². The Balaban J connectivity index is 2.31. The topological polar surface area (TPSA) is 52.2 Å². The maximum atomic E-state index is 12.2. The SMILES string of the molecule is CCCCC(CC(=O)NCCC[N+](C)(C)[O-])C1CCCCC1. The number of carbonyl (C=O) groups is 1. The van der Waals surface area contributed by atoms with Gasteiger partial charge in [0.1, 0.15) is 0 Å². The maximum Gasteiger partial charge on any atom is 0.220 e. The van der Waals surface area contributed by atoms with E-state index in [-0.39, 0.29) is 10.6 Å². The second kappa shape index (κ2) is 10.2. The Morgan fingerprint density at radius 1 is 1.23 bits per heavy atom. The molecule has 1 amide bonds. The van der Waals surface area contributed by atoms with Crippen molar-refractivity contribution in [1.29, 1.82) is 0 Å². The van der Waals surface area contributed by atoms with E-state index in [2.05, 4.69) is 12.2 Å². The van der Waals surface area contributed by atoms with E-state index < -0.39 is 0 Å². The third-order valence-corrected chi connectivity index (χ3v) is 4.89. The summed E-state index contributed by atoms with van der Waals surface area (Å²) >= 11 is 0. The fourth-order valence-corrected chi connectivity index (χ4v) is 3.57. The molecule has 130 valence electrons. The number of carbonyl (C=O) groups excluding carboxylic acids is 1. The van der Waals surface area contributed by atoms with Gasteiger partial charge in [-0.05, 0) is 18.3 Å². The first kappa shape index (κ1) is 19.4.